The molecular weight excluding hydrogens is 432 g/mol. The van der Waals surface area contributed by atoms with Crippen molar-refractivity contribution in [2.75, 3.05) is 17.2 Å². The quantitative estimate of drug-likeness (QED) is 0.471. The monoisotopic (exact) mass is 450 g/mol. The summed E-state index contributed by atoms with van der Waals surface area (Å²) in [6.07, 6.45) is 0.0600. The lowest BCUT2D eigenvalue weighted by Gasteiger charge is -2.27. The van der Waals surface area contributed by atoms with Gasteiger partial charge in [-0.1, -0.05) is 6.07 Å². The number of aromatic carboxylic acids is 1. The summed E-state index contributed by atoms with van der Waals surface area (Å²) in [5, 5.41) is 16.5. The molecule has 4 rings (SSSR count). The van der Waals surface area contributed by atoms with E-state index < -0.39 is 41.5 Å². The maximum absolute atomic E-state index is 13.0. The first-order valence-corrected chi connectivity index (χ1v) is 9.98. The number of carbonyl (C=O) groups is 6. The van der Waals surface area contributed by atoms with E-state index in [4.69, 9.17) is 5.11 Å². The van der Waals surface area contributed by atoms with E-state index in [0.717, 1.165) is 4.90 Å². The van der Waals surface area contributed by atoms with Gasteiger partial charge in [-0.25, -0.2) is 4.79 Å². The smallest absolute Gasteiger partial charge is 0.335 e. The summed E-state index contributed by atoms with van der Waals surface area (Å²) in [6, 6.07) is 9.04. The van der Waals surface area contributed by atoms with Crippen molar-refractivity contribution in [3.63, 3.8) is 0 Å². The maximum atomic E-state index is 13.0. The van der Waals surface area contributed by atoms with Crippen molar-refractivity contribution < 1.29 is 33.9 Å². The first-order valence-electron chi connectivity index (χ1n) is 9.98. The molecule has 1 atom stereocenters. The molecule has 0 saturated carbocycles. The number of imide groups is 2. The average Bonchev–Trinajstić information content (AvgIpc) is 3.03. The molecule has 5 amide bonds. The minimum absolute atomic E-state index is 0.0164. The minimum atomic E-state index is -1.09. The molecule has 1 fully saturated rings. The highest BCUT2D eigenvalue weighted by atomic mass is 16.4. The highest BCUT2D eigenvalue weighted by Gasteiger charge is 2.45. The second-order valence-corrected chi connectivity index (χ2v) is 7.46. The first kappa shape index (κ1) is 21.7. The third-order valence-electron chi connectivity index (χ3n) is 5.32. The predicted octanol–water partition coefficient (Wildman–Crippen LogP) is 0.837. The molecule has 0 bridgehead atoms. The van der Waals surface area contributed by atoms with Crippen molar-refractivity contribution >= 4 is 46.9 Å². The number of fused-ring (bicyclic) bond motifs is 1. The molecule has 11 heteroatoms. The van der Waals surface area contributed by atoms with E-state index in [1.165, 1.54) is 36.4 Å². The lowest BCUT2D eigenvalue weighted by molar-refractivity contribution is -0.136. The number of hydrogen-bond acceptors (Lipinski definition) is 7. The second-order valence-electron chi connectivity index (χ2n) is 7.46. The fourth-order valence-electron chi connectivity index (χ4n) is 3.74. The summed E-state index contributed by atoms with van der Waals surface area (Å²) in [7, 11) is 0. The number of nitrogens with zero attached hydrogens (tertiary/aromatic N) is 1. The normalized spacial score (nSPS) is 17.5. The number of benzene rings is 2. The third kappa shape index (κ3) is 4.15. The molecule has 1 unspecified atom stereocenters. The van der Waals surface area contributed by atoms with Gasteiger partial charge in [0.2, 0.25) is 17.7 Å². The number of amides is 5. The molecule has 2 aliphatic rings. The van der Waals surface area contributed by atoms with E-state index in [-0.39, 0.29) is 41.8 Å². The Hall–Kier alpha value is -4.54. The maximum Gasteiger partial charge on any atom is 0.335 e. The van der Waals surface area contributed by atoms with Crippen molar-refractivity contribution in [2.24, 2.45) is 0 Å². The van der Waals surface area contributed by atoms with Crippen LogP contribution >= 0.6 is 0 Å². The highest BCUT2D eigenvalue weighted by molar-refractivity contribution is 6.25. The molecule has 4 N–H and O–H groups in total. The molecule has 0 aromatic heterocycles. The number of hydrogen-bond donors (Lipinski definition) is 4. The molecule has 168 valence electrons. The van der Waals surface area contributed by atoms with Gasteiger partial charge in [-0.05, 0) is 42.8 Å². The Balaban J connectivity index is 1.46. The summed E-state index contributed by atoms with van der Waals surface area (Å²) in [5.41, 5.74) is 0.859. The van der Waals surface area contributed by atoms with E-state index in [1.54, 1.807) is 6.07 Å². The highest BCUT2D eigenvalue weighted by Crippen LogP contribution is 2.32. The van der Waals surface area contributed by atoms with Crippen LogP contribution in [-0.2, 0) is 14.4 Å². The number of piperidine rings is 1. The molecule has 33 heavy (non-hydrogen) atoms. The van der Waals surface area contributed by atoms with Gasteiger partial charge in [0.1, 0.15) is 6.04 Å². The van der Waals surface area contributed by atoms with Crippen molar-refractivity contribution in [3.8, 4) is 0 Å². The Morgan fingerprint density at radius 2 is 1.76 bits per heavy atom. The number of carboxylic acid groups (broad SMARTS) is 1. The molecule has 1 saturated heterocycles. The Morgan fingerprint density at radius 3 is 2.42 bits per heavy atom. The van der Waals surface area contributed by atoms with Crippen LogP contribution in [0.25, 0.3) is 0 Å². The van der Waals surface area contributed by atoms with Gasteiger partial charge in [0.15, 0.2) is 0 Å². The molecular formula is C22H18N4O7. The van der Waals surface area contributed by atoms with Crippen molar-refractivity contribution in [1.82, 2.24) is 10.2 Å². The van der Waals surface area contributed by atoms with Crippen LogP contribution in [0.1, 0.15) is 43.9 Å². The van der Waals surface area contributed by atoms with Crippen LogP contribution in [0.5, 0.6) is 0 Å². The molecule has 2 heterocycles. The lowest BCUT2D eigenvalue weighted by Crippen LogP contribution is -2.54. The first-order chi connectivity index (χ1) is 15.8. The summed E-state index contributed by atoms with van der Waals surface area (Å²) in [6.45, 7) is -0.239. The number of anilines is 2. The molecule has 2 aliphatic heterocycles. The van der Waals surface area contributed by atoms with Crippen molar-refractivity contribution in [1.29, 1.82) is 0 Å². The zero-order valence-corrected chi connectivity index (χ0v) is 17.1. The van der Waals surface area contributed by atoms with Gasteiger partial charge >= 0.3 is 5.97 Å². The lowest BCUT2D eigenvalue weighted by atomic mass is 10.0. The van der Waals surface area contributed by atoms with E-state index in [0.29, 0.717) is 5.69 Å². The third-order valence-corrected chi connectivity index (χ3v) is 5.32. The Bertz CT molecular complexity index is 1210. The molecule has 0 spiro atoms. The van der Waals surface area contributed by atoms with Crippen LogP contribution in [0, 0.1) is 0 Å². The van der Waals surface area contributed by atoms with Crippen molar-refractivity contribution in [2.45, 2.75) is 18.9 Å². The van der Waals surface area contributed by atoms with Crippen LogP contribution in [0.15, 0.2) is 42.5 Å². The standard InChI is InChI=1S/C22H18N4O7/c27-16-9-8-15(19(29)25-16)26-20(30)13-2-1-3-14(18(13)21(26)31)23-10-17(28)24-12-6-4-11(5-7-12)22(32)33/h1-7,15,23H,8-10H2,(H,24,28)(H,32,33)(H,25,27,29). The van der Waals surface area contributed by atoms with Crippen LogP contribution in [0.2, 0.25) is 0 Å². The molecule has 0 aliphatic carbocycles. The Labute approximate surface area is 186 Å². The number of carbonyl (C=O) groups excluding carboxylic acids is 5. The van der Waals surface area contributed by atoms with Gasteiger partial charge in [0.25, 0.3) is 11.8 Å². The van der Waals surface area contributed by atoms with Gasteiger partial charge in [-0.3, -0.25) is 34.2 Å². The summed E-state index contributed by atoms with van der Waals surface area (Å²) >= 11 is 0. The van der Waals surface area contributed by atoms with Crippen LogP contribution in [0.3, 0.4) is 0 Å². The average molecular weight is 450 g/mol. The van der Waals surface area contributed by atoms with E-state index >= 15 is 0 Å². The van der Waals surface area contributed by atoms with E-state index in [1.807, 2.05) is 0 Å². The van der Waals surface area contributed by atoms with Crippen LogP contribution in [0.4, 0.5) is 11.4 Å². The molecule has 2 aromatic rings. The van der Waals surface area contributed by atoms with Gasteiger partial charge in [0, 0.05) is 17.8 Å². The Morgan fingerprint density at radius 1 is 1.03 bits per heavy atom. The molecule has 2 aromatic carbocycles. The van der Waals surface area contributed by atoms with Gasteiger partial charge in [-0.2, -0.15) is 0 Å². The summed E-state index contributed by atoms with van der Waals surface area (Å²) in [4.78, 5) is 73.5. The van der Waals surface area contributed by atoms with Gasteiger partial charge < -0.3 is 15.7 Å². The summed E-state index contributed by atoms with van der Waals surface area (Å²) in [5.74, 6) is -4.04. The van der Waals surface area contributed by atoms with Gasteiger partial charge in [0.05, 0.1) is 23.2 Å². The molecule has 0 radical (unpaired) electrons. The van der Waals surface area contributed by atoms with Gasteiger partial charge in [-0.15, -0.1) is 0 Å². The van der Waals surface area contributed by atoms with Crippen LogP contribution in [-0.4, -0.2) is 58.1 Å². The number of carboxylic acids is 1. The second kappa shape index (κ2) is 8.54. The number of rotatable bonds is 6. The fourth-order valence-corrected chi connectivity index (χ4v) is 3.74. The van der Waals surface area contributed by atoms with E-state index in [9.17, 15) is 28.8 Å². The fraction of sp³-hybridized carbons (Fsp3) is 0.182. The van der Waals surface area contributed by atoms with E-state index in [2.05, 4.69) is 16.0 Å². The SMILES string of the molecule is O=C1CCC(N2C(=O)c3cccc(NCC(=O)Nc4ccc(C(=O)O)cc4)c3C2=O)C(=O)N1. The number of nitrogens with one attached hydrogen (secondary N) is 3. The van der Waals surface area contributed by atoms with Crippen molar-refractivity contribution in [3.05, 3.63) is 59.2 Å². The van der Waals surface area contributed by atoms with Crippen LogP contribution < -0.4 is 16.0 Å². The molecule has 11 nitrogen and oxygen atoms in total. The zero-order valence-electron chi connectivity index (χ0n) is 17.1. The Kier molecular flexibility index (Phi) is 5.61. The summed E-state index contributed by atoms with van der Waals surface area (Å²) < 4.78 is 0. The topological polar surface area (TPSA) is 162 Å². The largest absolute Gasteiger partial charge is 0.478 e. The zero-order chi connectivity index (χ0) is 23.7. The minimum Gasteiger partial charge on any atom is -0.478 e. The predicted molar refractivity (Wildman–Crippen MR) is 114 cm³/mol.